The lowest BCUT2D eigenvalue weighted by Crippen LogP contribution is -2.03. The Hall–Kier alpha value is -0.730. The zero-order chi connectivity index (χ0) is 10.6. The zero-order valence-electron chi connectivity index (χ0n) is 7.65. The summed E-state index contributed by atoms with van der Waals surface area (Å²) in [6.07, 6.45) is 0. The van der Waals surface area contributed by atoms with Crippen LogP contribution in [0.25, 0.3) is 0 Å². The van der Waals surface area contributed by atoms with E-state index >= 15 is 0 Å². The van der Waals surface area contributed by atoms with Crippen LogP contribution in [0.15, 0.2) is 29.3 Å². The second-order valence-corrected chi connectivity index (χ2v) is 3.59. The molecule has 0 aliphatic heterocycles. The van der Waals surface area contributed by atoms with Crippen molar-refractivity contribution in [3.05, 3.63) is 40.1 Å². The molecule has 0 saturated heterocycles. The van der Waals surface area contributed by atoms with Crippen molar-refractivity contribution in [2.24, 2.45) is 0 Å². The van der Waals surface area contributed by atoms with E-state index in [4.69, 9.17) is 23.2 Å². The van der Waals surface area contributed by atoms with Crippen LogP contribution in [-0.2, 0) is 0 Å². The molecule has 1 N–H and O–H groups in total. The van der Waals surface area contributed by atoms with Gasteiger partial charge in [0.15, 0.2) is 0 Å². The van der Waals surface area contributed by atoms with Gasteiger partial charge in [0.05, 0.1) is 5.69 Å². The van der Waals surface area contributed by atoms with Crippen LogP contribution in [0.5, 0.6) is 0 Å². The van der Waals surface area contributed by atoms with Crippen molar-refractivity contribution in [1.29, 1.82) is 0 Å². The summed E-state index contributed by atoms with van der Waals surface area (Å²) in [5, 5.41) is 3.29. The average Bonchev–Trinajstić information content (AvgIpc) is 2.16. The maximum absolute atomic E-state index is 13.2. The van der Waals surface area contributed by atoms with E-state index in [2.05, 4.69) is 5.32 Å². The van der Waals surface area contributed by atoms with Crippen LogP contribution < -0.4 is 5.32 Å². The van der Waals surface area contributed by atoms with Crippen LogP contribution in [0.2, 0.25) is 5.02 Å². The van der Waals surface area contributed by atoms with Crippen molar-refractivity contribution >= 4 is 28.9 Å². The van der Waals surface area contributed by atoms with Crippen molar-refractivity contribution in [3.8, 4) is 0 Å². The molecule has 4 heteroatoms. The van der Waals surface area contributed by atoms with E-state index in [0.29, 0.717) is 17.3 Å². The van der Waals surface area contributed by atoms with Gasteiger partial charge in [0, 0.05) is 17.1 Å². The molecule has 1 aromatic carbocycles. The molecular formula is C10H10Cl2FN. The van der Waals surface area contributed by atoms with Gasteiger partial charge in [0.1, 0.15) is 5.82 Å². The molecule has 0 bridgehead atoms. The fourth-order valence-electron chi connectivity index (χ4n) is 0.906. The van der Waals surface area contributed by atoms with Gasteiger partial charge in [-0.2, -0.15) is 0 Å². The lowest BCUT2D eigenvalue weighted by molar-refractivity contribution is 0.631. The molecule has 0 radical (unpaired) electrons. The smallest absolute Gasteiger partial charge is 0.147 e. The molecule has 1 nitrogen and oxygen atoms in total. The third-order valence-corrected chi connectivity index (χ3v) is 2.28. The molecule has 0 fully saturated rings. The molecule has 0 aliphatic rings. The predicted octanol–water partition coefficient (Wildman–Crippen LogP) is 4.03. The van der Waals surface area contributed by atoms with Crippen LogP contribution in [0.4, 0.5) is 10.1 Å². The second-order valence-electron chi connectivity index (χ2n) is 2.93. The van der Waals surface area contributed by atoms with Gasteiger partial charge in [-0.15, -0.1) is 0 Å². The van der Waals surface area contributed by atoms with E-state index < -0.39 is 0 Å². The van der Waals surface area contributed by atoms with Gasteiger partial charge >= 0.3 is 0 Å². The van der Waals surface area contributed by atoms with E-state index in [0.717, 1.165) is 5.57 Å². The fraction of sp³-hybridized carbons (Fsp3) is 0.200. The number of hydrogen-bond acceptors (Lipinski definition) is 1. The zero-order valence-corrected chi connectivity index (χ0v) is 9.16. The minimum Gasteiger partial charge on any atom is -0.379 e. The molecule has 0 aromatic heterocycles. The average molecular weight is 234 g/mol. The van der Waals surface area contributed by atoms with Gasteiger partial charge < -0.3 is 5.32 Å². The van der Waals surface area contributed by atoms with E-state index in [1.54, 1.807) is 12.1 Å². The Morgan fingerprint density at radius 2 is 2.29 bits per heavy atom. The number of benzene rings is 1. The highest BCUT2D eigenvalue weighted by Crippen LogP contribution is 2.18. The first-order valence-corrected chi connectivity index (χ1v) is 4.89. The highest BCUT2D eigenvalue weighted by molar-refractivity contribution is 6.30. The molecule has 0 heterocycles. The lowest BCUT2D eigenvalue weighted by atomic mass is 10.3. The maximum Gasteiger partial charge on any atom is 0.147 e. The molecule has 0 amide bonds. The van der Waals surface area contributed by atoms with E-state index in [1.807, 2.05) is 6.92 Å². The number of nitrogens with one attached hydrogen (secondary N) is 1. The SMILES string of the molecule is C/C(=C/Cl)CNc1ccc(Cl)cc1F. The first kappa shape index (κ1) is 11.3. The predicted molar refractivity (Wildman–Crippen MR) is 59.5 cm³/mol. The summed E-state index contributed by atoms with van der Waals surface area (Å²) in [5.74, 6) is -0.361. The quantitative estimate of drug-likeness (QED) is 0.832. The molecule has 0 saturated carbocycles. The number of halogens is 3. The Morgan fingerprint density at radius 1 is 1.57 bits per heavy atom. The number of anilines is 1. The molecule has 0 spiro atoms. The monoisotopic (exact) mass is 233 g/mol. The largest absolute Gasteiger partial charge is 0.379 e. The molecule has 0 unspecified atom stereocenters. The highest BCUT2D eigenvalue weighted by atomic mass is 35.5. The second kappa shape index (κ2) is 5.23. The van der Waals surface area contributed by atoms with Crippen LogP contribution >= 0.6 is 23.2 Å². The Morgan fingerprint density at radius 3 is 2.86 bits per heavy atom. The van der Waals surface area contributed by atoms with Gasteiger partial charge in [0.25, 0.3) is 0 Å². The lowest BCUT2D eigenvalue weighted by Gasteiger charge is -2.07. The summed E-state index contributed by atoms with van der Waals surface area (Å²) in [4.78, 5) is 0. The molecule has 1 aromatic rings. The molecule has 1 rings (SSSR count). The highest BCUT2D eigenvalue weighted by Gasteiger charge is 2.01. The maximum atomic E-state index is 13.2. The van der Waals surface area contributed by atoms with Gasteiger partial charge in [0.2, 0.25) is 0 Å². The molecule has 0 aliphatic carbocycles. The minimum absolute atomic E-state index is 0.361. The molecule has 0 atom stereocenters. The summed E-state index contributed by atoms with van der Waals surface area (Å²) >= 11 is 11.1. The summed E-state index contributed by atoms with van der Waals surface area (Å²) in [5.41, 5.74) is 2.81. The van der Waals surface area contributed by atoms with Crippen molar-refractivity contribution in [1.82, 2.24) is 0 Å². The third kappa shape index (κ3) is 3.20. The van der Waals surface area contributed by atoms with E-state index in [1.165, 1.54) is 11.6 Å². The molecular weight excluding hydrogens is 224 g/mol. The van der Waals surface area contributed by atoms with Crippen LogP contribution in [0.3, 0.4) is 0 Å². The Balaban J connectivity index is 2.68. The first-order chi connectivity index (χ1) is 6.63. The van der Waals surface area contributed by atoms with Crippen molar-refractivity contribution in [2.45, 2.75) is 6.92 Å². The van der Waals surface area contributed by atoms with Crippen molar-refractivity contribution < 1.29 is 4.39 Å². The Bertz CT molecular complexity index is 350. The van der Waals surface area contributed by atoms with Crippen LogP contribution in [0, 0.1) is 5.82 Å². The summed E-state index contributed by atoms with van der Waals surface area (Å²) < 4.78 is 13.2. The van der Waals surface area contributed by atoms with Gasteiger partial charge in [-0.1, -0.05) is 23.2 Å². The number of rotatable bonds is 3. The Kier molecular flexibility index (Phi) is 4.23. The first-order valence-electron chi connectivity index (χ1n) is 4.08. The third-order valence-electron chi connectivity index (χ3n) is 1.68. The molecule has 76 valence electrons. The normalized spacial score (nSPS) is 11.6. The Labute approximate surface area is 92.5 Å². The summed E-state index contributed by atoms with van der Waals surface area (Å²) in [6, 6.07) is 4.50. The van der Waals surface area contributed by atoms with E-state index in [-0.39, 0.29) is 5.82 Å². The summed E-state index contributed by atoms with van der Waals surface area (Å²) in [7, 11) is 0. The van der Waals surface area contributed by atoms with Gasteiger partial charge in [-0.25, -0.2) is 4.39 Å². The van der Waals surface area contributed by atoms with E-state index in [9.17, 15) is 4.39 Å². The van der Waals surface area contributed by atoms with Gasteiger partial charge in [-0.05, 0) is 30.7 Å². The topological polar surface area (TPSA) is 12.0 Å². The van der Waals surface area contributed by atoms with Gasteiger partial charge in [-0.3, -0.25) is 0 Å². The van der Waals surface area contributed by atoms with Crippen LogP contribution in [-0.4, -0.2) is 6.54 Å². The molecule has 14 heavy (non-hydrogen) atoms. The minimum atomic E-state index is -0.361. The van der Waals surface area contributed by atoms with Crippen molar-refractivity contribution in [3.63, 3.8) is 0 Å². The standard InChI is InChI=1S/C10H10Cl2FN/c1-7(5-11)6-14-10-3-2-8(12)4-9(10)13/h2-5,14H,6H2,1H3/b7-5-. The summed E-state index contributed by atoms with van der Waals surface area (Å²) in [6.45, 7) is 2.37. The fourth-order valence-corrected chi connectivity index (χ4v) is 1.14. The number of hydrogen-bond donors (Lipinski definition) is 1. The van der Waals surface area contributed by atoms with Crippen LogP contribution in [0.1, 0.15) is 6.92 Å². The van der Waals surface area contributed by atoms with Crippen molar-refractivity contribution in [2.75, 3.05) is 11.9 Å².